The summed E-state index contributed by atoms with van der Waals surface area (Å²) in [5.41, 5.74) is 4.09. The van der Waals surface area contributed by atoms with Crippen LogP contribution in [-0.4, -0.2) is 25.8 Å². The van der Waals surface area contributed by atoms with Crippen molar-refractivity contribution in [2.75, 3.05) is 0 Å². The SMILES string of the molecule is Cc1cc(SCc2cn(-c3ccc(C(=O)c4ccccc4)cc3)nn2)ccn1. The number of carbonyl (C=O) groups is 1. The van der Waals surface area contributed by atoms with Crippen molar-refractivity contribution >= 4 is 17.5 Å². The van der Waals surface area contributed by atoms with E-state index in [2.05, 4.69) is 21.4 Å². The quantitative estimate of drug-likeness (QED) is 0.361. The molecule has 0 aliphatic heterocycles. The molecule has 2 aromatic carbocycles. The molecule has 0 fully saturated rings. The third kappa shape index (κ3) is 4.18. The van der Waals surface area contributed by atoms with E-state index >= 15 is 0 Å². The van der Waals surface area contributed by atoms with Crippen molar-refractivity contribution in [2.24, 2.45) is 0 Å². The molecule has 0 bridgehead atoms. The third-order valence-electron chi connectivity index (χ3n) is 4.23. The van der Waals surface area contributed by atoms with Gasteiger partial charge in [0.05, 0.1) is 17.6 Å². The Morgan fingerprint density at radius 3 is 2.50 bits per heavy atom. The minimum absolute atomic E-state index is 0.00970. The van der Waals surface area contributed by atoms with Crippen molar-refractivity contribution < 1.29 is 4.79 Å². The molecule has 4 aromatic rings. The van der Waals surface area contributed by atoms with Crippen LogP contribution in [0.4, 0.5) is 0 Å². The molecule has 4 rings (SSSR count). The van der Waals surface area contributed by atoms with Gasteiger partial charge in [-0.2, -0.15) is 0 Å². The van der Waals surface area contributed by atoms with Gasteiger partial charge in [0.2, 0.25) is 0 Å². The van der Waals surface area contributed by atoms with E-state index in [1.165, 1.54) is 0 Å². The molecule has 0 aliphatic rings. The standard InChI is InChI=1S/C22H18N4OS/c1-16-13-21(11-12-23-16)28-15-19-14-26(25-24-19)20-9-7-18(8-10-20)22(27)17-5-3-2-4-6-17/h2-14H,15H2,1H3. The highest BCUT2D eigenvalue weighted by Crippen LogP contribution is 2.22. The molecule has 28 heavy (non-hydrogen) atoms. The van der Waals surface area contributed by atoms with E-state index in [9.17, 15) is 4.79 Å². The smallest absolute Gasteiger partial charge is 0.193 e. The Morgan fingerprint density at radius 2 is 1.75 bits per heavy atom. The van der Waals surface area contributed by atoms with E-state index in [1.807, 2.05) is 80.0 Å². The fraction of sp³-hybridized carbons (Fsp3) is 0.0909. The van der Waals surface area contributed by atoms with Crippen LogP contribution in [0.2, 0.25) is 0 Å². The second kappa shape index (κ2) is 8.19. The molecular weight excluding hydrogens is 368 g/mol. The van der Waals surface area contributed by atoms with Gasteiger partial charge in [-0.3, -0.25) is 9.78 Å². The van der Waals surface area contributed by atoms with Crippen LogP contribution in [-0.2, 0) is 5.75 Å². The van der Waals surface area contributed by atoms with Crippen molar-refractivity contribution in [1.29, 1.82) is 0 Å². The molecule has 138 valence electrons. The van der Waals surface area contributed by atoms with Gasteiger partial charge in [0, 0.05) is 33.7 Å². The summed E-state index contributed by atoms with van der Waals surface area (Å²) in [6, 6.07) is 20.7. The number of nitrogens with zero attached hydrogens (tertiary/aromatic N) is 4. The van der Waals surface area contributed by atoms with Crippen LogP contribution in [0.15, 0.2) is 84.0 Å². The average molecular weight is 386 g/mol. The zero-order chi connectivity index (χ0) is 19.3. The van der Waals surface area contributed by atoms with Crippen LogP contribution in [0.25, 0.3) is 5.69 Å². The Balaban J connectivity index is 1.44. The van der Waals surface area contributed by atoms with Crippen molar-refractivity contribution in [1.82, 2.24) is 20.0 Å². The first-order chi connectivity index (χ1) is 13.7. The minimum atomic E-state index is 0.00970. The highest BCUT2D eigenvalue weighted by Gasteiger charge is 2.09. The Labute approximate surface area is 167 Å². The molecule has 0 spiro atoms. The fourth-order valence-corrected chi connectivity index (χ4v) is 3.64. The Morgan fingerprint density at radius 1 is 1.00 bits per heavy atom. The molecule has 0 aliphatic carbocycles. The van der Waals surface area contributed by atoms with Gasteiger partial charge in [-0.05, 0) is 43.3 Å². The van der Waals surface area contributed by atoms with E-state index in [-0.39, 0.29) is 5.78 Å². The first kappa shape index (κ1) is 18.1. The summed E-state index contributed by atoms with van der Waals surface area (Å²) in [7, 11) is 0. The molecule has 0 radical (unpaired) electrons. The number of hydrogen-bond acceptors (Lipinski definition) is 5. The lowest BCUT2D eigenvalue weighted by Crippen LogP contribution is -2.02. The fourth-order valence-electron chi connectivity index (χ4n) is 2.78. The van der Waals surface area contributed by atoms with E-state index in [0.29, 0.717) is 11.1 Å². The van der Waals surface area contributed by atoms with Crippen molar-refractivity contribution in [2.45, 2.75) is 17.6 Å². The van der Waals surface area contributed by atoms with Crippen LogP contribution >= 0.6 is 11.8 Å². The summed E-state index contributed by atoms with van der Waals surface area (Å²) >= 11 is 1.70. The van der Waals surface area contributed by atoms with E-state index < -0.39 is 0 Å². The highest BCUT2D eigenvalue weighted by atomic mass is 32.2. The summed E-state index contributed by atoms with van der Waals surface area (Å²) < 4.78 is 1.73. The topological polar surface area (TPSA) is 60.7 Å². The van der Waals surface area contributed by atoms with Crippen LogP contribution in [0.5, 0.6) is 0 Å². The second-order valence-electron chi connectivity index (χ2n) is 6.32. The average Bonchev–Trinajstić information content (AvgIpc) is 3.22. The second-order valence-corrected chi connectivity index (χ2v) is 7.37. The number of hydrogen-bond donors (Lipinski definition) is 0. The number of aromatic nitrogens is 4. The van der Waals surface area contributed by atoms with Crippen LogP contribution in [0.3, 0.4) is 0 Å². The monoisotopic (exact) mass is 386 g/mol. The maximum absolute atomic E-state index is 12.5. The molecule has 0 saturated carbocycles. The predicted octanol–water partition coefficient (Wildman–Crippen LogP) is 4.49. The number of thioether (sulfide) groups is 1. The van der Waals surface area contributed by atoms with Gasteiger partial charge in [-0.25, -0.2) is 4.68 Å². The van der Waals surface area contributed by atoms with E-state index in [0.717, 1.165) is 27.7 Å². The normalized spacial score (nSPS) is 10.8. The van der Waals surface area contributed by atoms with Gasteiger partial charge in [0.15, 0.2) is 5.78 Å². The van der Waals surface area contributed by atoms with Crippen molar-refractivity contribution in [3.63, 3.8) is 0 Å². The number of ketones is 1. The van der Waals surface area contributed by atoms with Gasteiger partial charge < -0.3 is 0 Å². The van der Waals surface area contributed by atoms with Gasteiger partial charge in [-0.15, -0.1) is 16.9 Å². The van der Waals surface area contributed by atoms with Crippen LogP contribution in [0.1, 0.15) is 27.3 Å². The van der Waals surface area contributed by atoms with Crippen molar-refractivity contribution in [3.05, 3.63) is 102 Å². The first-order valence-corrected chi connectivity index (χ1v) is 9.84. The summed E-state index contributed by atoms with van der Waals surface area (Å²) in [6.07, 6.45) is 3.72. The zero-order valence-electron chi connectivity index (χ0n) is 15.3. The maximum atomic E-state index is 12.5. The Bertz CT molecular complexity index is 1090. The maximum Gasteiger partial charge on any atom is 0.193 e. The highest BCUT2D eigenvalue weighted by molar-refractivity contribution is 7.98. The minimum Gasteiger partial charge on any atom is -0.289 e. The van der Waals surface area contributed by atoms with Gasteiger partial charge in [0.1, 0.15) is 0 Å². The lowest BCUT2D eigenvalue weighted by Gasteiger charge is -2.03. The molecule has 2 aromatic heterocycles. The van der Waals surface area contributed by atoms with E-state index in [4.69, 9.17) is 0 Å². The molecule has 2 heterocycles. The molecule has 0 unspecified atom stereocenters. The van der Waals surface area contributed by atoms with Crippen LogP contribution < -0.4 is 0 Å². The summed E-state index contributed by atoms with van der Waals surface area (Å²) in [6.45, 7) is 1.98. The van der Waals surface area contributed by atoms with Crippen molar-refractivity contribution in [3.8, 4) is 5.69 Å². The Hall–Kier alpha value is -3.25. The number of aryl methyl sites for hydroxylation is 1. The summed E-state index contributed by atoms with van der Waals surface area (Å²) in [4.78, 5) is 17.9. The molecule has 5 nitrogen and oxygen atoms in total. The number of benzene rings is 2. The molecule has 0 atom stereocenters. The summed E-state index contributed by atoms with van der Waals surface area (Å²) in [5.74, 6) is 0.740. The lowest BCUT2D eigenvalue weighted by molar-refractivity contribution is 0.103. The molecular formula is C22H18N4OS. The summed E-state index contributed by atoms with van der Waals surface area (Å²) in [5, 5.41) is 8.45. The van der Waals surface area contributed by atoms with Gasteiger partial charge in [0.25, 0.3) is 0 Å². The molecule has 6 heteroatoms. The van der Waals surface area contributed by atoms with E-state index in [1.54, 1.807) is 16.4 Å². The number of rotatable bonds is 6. The number of pyridine rings is 1. The molecule has 0 saturated heterocycles. The largest absolute Gasteiger partial charge is 0.289 e. The van der Waals surface area contributed by atoms with Gasteiger partial charge in [-0.1, -0.05) is 35.5 Å². The zero-order valence-corrected chi connectivity index (χ0v) is 16.1. The predicted molar refractivity (Wildman–Crippen MR) is 110 cm³/mol. The van der Waals surface area contributed by atoms with Crippen LogP contribution in [0, 0.1) is 6.92 Å². The number of carbonyl (C=O) groups excluding carboxylic acids is 1. The molecule has 0 N–H and O–H groups in total. The Kier molecular flexibility index (Phi) is 5.30. The third-order valence-corrected chi connectivity index (χ3v) is 5.25. The first-order valence-electron chi connectivity index (χ1n) is 8.86. The van der Waals surface area contributed by atoms with Gasteiger partial charge >= 0.3 is 0 Å². The lowest BCUT2D eigenvalue weighted by atomic mass is 10.0. The molecule has 0 amide bonds.